The first-order valence-electron chi connectivity index (χ1n) is 10.3. The summed E-state index contributed by atoms with van der Waals surface area (Å²) in [5, 5.41) is 0. The van der Waals surface area contributed by atoms with Gasteiger partial charge in [0.05, 0.1) is 5.56 Å². The SMILES string of the molecule is O=C(c1ccc(COc2ccc(F)cc2)o1)N1CCCN(C(=O)c2ccccc2F)CC1. The minimum absolute atomic E-state index is 0.0316. The number of hydrogen-bond acceptors (Lipinski definition) is 4. The molecule has 166 valence electrons. The van der Waals surface area contributed by atoms with Crippen molar-refractivity contribution in [2.24, 2.45) is 0 Å². The van der Waals surface area contributed by atoms with Gasteiger partial charge in [-0.15, -0.1) is 0 Å². The molecule has 0 spiro atoms. The molecule has 1 aliphatic rings. The first-order chi connectivity index (χ1) is 15.5. The maximum atomic E-state index is 14.0. The fourth-order valence-corrected chi connectivity index (χ4v) is 3.54. The van der Waals surface area contributed by atoms with Crippen LogP contribution >= 0.6 is 0 Å². The molecular weight excluding hydrogens is 418 g/mol. The molecule has 0 bridgehead atoms. The van der Waals surface area contributed by atoms with E-state index in [1.807, 2.05) is 0 Å². The highest BCUT2D eigenvalue weighted by molar-refractivity contribution is 5.95. The summed E-state index contributed by atoms with van der Waals surface area (Å²) in [6, 6.07) is 14.7. The predicted octanol–water partition coefficient (Wildman–Crippen LogP) is 4.13. The highest BCUT2D eigenvalue weighted by Crippen LogP contribution is 2.18. The van der Waals surface area contributed by atoms with E-state index in [4.69, 9.17) is 9.15 Å². The second kappa shape index (κ2) is 9.64. The summed E-state index contributed by atoms with van der Waals surface area (Å²) in [4.78, 5) is 28.7. The van der Waals surface area contributed by atoms with Crippen molar-refractivity contribution >= 4 is 11.8 Å². The third kappa shape index (κ3) is 4.96. The molecule has 1 fully saturated rings. The fourth-order valence-electron chi connectivity index (χ4n) is 3.54. The number of ether oxygens (including phenoxy) is 1. The first-order valence-corrected chi connectivity index (χ1v) is 10.3. The Labute approximate surface area is 184 Å². The standard InChI is InChI=1S/C24H22F2N2O4/c25-17-6-8-18(9-7-17)31-16-19-10-11-22(32-19)24(30)28-13-3-12-27(14-15-28)23(29)20-4-1-2-5-21(20)26/h1-2,4-11H,3,12-16H2. The Kier molecular flexibility index (Phi) is 6.49. The number of carbonyl (C=O) groups is 2. The number of nitrogens with zero attached hydrogens (tertiary/aromatic N) is 2. The number of halogens is 2. The van der Waals surface area contributed by atoms with Gasteiger partial charge in [0, 0.05) is 26.2 Å². The zero-order valence-corrected chi connectivity index (χ0v) is 17.3. The summed E-state index contributed by atoms with van der Waals surface area (Å²) in [6.07, 6.45) is 0.577. The predicted molar refractivity (Wildman–Crippen MR) is 112 cm³/mol. The summed E-state index contributed by atoms with van der Waals surface area (Å²) in [5.74, 6) is -0.437. The second-order valence-electron chi connectivity index (χ2n) is 7.43. The van der Waals surface area contributed by atoms with Crippen molar-refractivity contribution in [3.63, 3.8) is 0 Å². The minimum atomic E-state index is -0.555. The van der Waals surface area contributed by atoms with Gasteiger partial charge in [-0.3, -0.25) is 9.59 Å². The van der Waals surface area contributed by atoms with Crippen LogP contribution in [0.1, 0.15) is 33.1 Å². The van der Waals surface area contributed by atoms with E-state index in [0.717, 1.165) is 0 Å². The number of carbonyl (C=O) groups excluding carboxylic acids is 2. The summed E-state index contributed by atoms with van der Waals surface area (Å²) < 4.78 is 38.1. The van der Waals surface area contributed by atoms with Gasteiger partial charge in [0.15, 0.2) is 5.76 Å². The van der Waals surface area contributed by atoms with E-state index < -0.39 is 5.82 Å². The van der Waals surface area contributed by atoms with E-state index in [2.05, 4.69) is 0 Å². The maximum absolute atomic E-state index is 14.0. The molecule has 2 aromatic carbocycles. The van der Waals surface area contributed by atoms with Gasteiger partial charge < -0.3 is 19.0 Å². The smallest absolute Gasteiger partial charge is 0.289 e. The number of rotatable bonds is 5. The molecular formula is C24H22F2N2O4. The van der Waals surface area contributed by atoms with Crippen LogP contribution in [0.15, 0.2) is 65.1 Å². The van der Waals surface area contributed by atoms with Crippen molar-refractivity contribution in [2.75, 3.05) is 26.2 Å². The maximum Gasteiger partial charge on any atom is 0.289 e. The van der Waals surface area contributed by atoms with E-state index in [9.17, 15) is 18.4 Å². The quantitative estimate of drug-likeness (QED) is 0.599. The molecule has 1 aromatic heterocycles. The number of hydrogen-bond donors (Lipinski definition) is 0. The Balaban J connectivity index is 1.34. The molecule has 2 heterocycles. The highest BCUT2D eigenvalue weighted by Gasteiger charge is 2.26. The van der Waals surface area contributed by atoms with Crippen LogP contribution in [-0.2, 0) is 6.61 Å². The number of furan rings is 1. The Morgan fingerprint density at radius 3 is 2.25 bits per heavy atom. The van der Waals surface area contributed by atoms with Gasteiger partial charge in [0.1, 0.15) is 29.8 Å². The summed E-state index contributed by atoms with van der Waals surface area (Å²) >= 11 is 0. The summed E-state index contributed by atoms with van der Waals surface area (Å²) in [7, 11) is 0. The van der Waals surface area contributed by atoms with Crippen molar-refractivity contribution in [3.05, 3.63) is 89.4 Å². The van der Waals surface area contributed by atoms with Crippen LogP contribution in [0.4, 0.5) is 8.78 Å². The van der Waals surface area contributed by atoms with Crippen LogP contribution in [-0.4, -0.2) is 47.8 Å². The average Bonchev–Trinajstić information content (AvgIpc) is 3.14. The molecule has 0 unspecified atom stereocenters. The van der Waals surface area contributed by atoms with Gasteiger partial charge in [-0.25, -0.2) is 8.78 Å². The Bertz CT molecular complexity index is 1100. The molecule has 0 aliphatic carbocycles. The zero-order chi connectivity index (χ0) is 22.5. The largest absolute Gasteiger partial charge is 0.486 e. The molecule has 4 rings (SSSR count). The van der Waals surface area contributed by atoms with Crippen molar-refractivity contribution in [1.29, 1.82) is 0 Å². The first kappa shape index (κ1) is 21.5. The lowest BCUT2D eigenvalue weighted by molar-refractivity contribution is 0.0695. The Morgan fingerprint density at radius 2 is 1.53 bits per heavy atom. The monoisotopic (exact) mass is 440 g/mol. The topological polar surface area (TPSA) is 63.0 Å². The van der Waals surface area contributed by atoms with E-state index in [-0.39, 0.29) is 35.6 Å². The summed E-state index contributed by atoms with van der Waals surface area (Å²) in [5.41, 5.74) is 0.0316. The van der Waals surface area contributed by atoms with E-state index in [1.54, 1.807) is 28.0 Å². The molecule has 32 heavy (non-hydrogen) atoms. The zero-order valence-electron chi connectivity index (χ0n) is 17.3. The van der Waals surface area contributed by atoms with Gasteiger partial charge in [-0.2, -0.15) is 0 Å². The van der Waals surface area contributed by atoms with Gasteiger partial charge in [0.2, 0.25) is 0 Å². The lowest BCUT2D eigenvalue weighted by Gasteiger charge is -2.22. The van der Waals surface area contributed by atoms with Gasteiger partial charge >= 0.3 is 0 Å². The molecule has 2 amide bonds. The van der Waals surface area contributed by atoms with Crippen LogP contribution in [0, 0.1) is 11.6 Å². The van der Waals surface area contributed by atoms with Crippen molar-refractivity contribution in [1.82, 2.24) is 9.80 Å². The molecule has 3 aromatic rings. The van der Waals surface area contributed by atoms with E-state index in [1.165, 1.54) is 42.5 Å². The van der Waals surface area contributed by atoms with Gasteiger partial charge in [-0.05, 0) is 55.0 Å². The van der Waals surface area contributed by atoms with Crippen LogP contribution in [0.25, 0.3) is 0 Å². The lowest BCUT2D eigenvalue weighted by atomic mass is 10.2. The molecule has 0 N–H and O–H groups in total. The molecule has 1 saturated heterocycles. The van der Waals surface area contributed by atoms with E-state index >= 15 is 0 Å². The molecule has 8 heteroatoms. The van der Waals surface area contributed by atoms with Gasteiger partial charge in [0.25, 0.3) is 11.8 Å². The highest BCUT2D eigenvalue weighted by atomic mass is 19.1. The minimum Gasteiger partial charge on any atom is -0.486 e. The van der Waals surface area contributed by atoms with Gasteiger partial charge in [-0.1, -0.05) is 12.1 Å². The third-order valence-electron chi connectivity index (χ3n) is 5.24. The van der Waals surface area contributed by atoms with Crippen molar-refractivity contribution < 1.29 is 27.5 Å². The van der Waals surface area contributed by atoms with Crippen LogP contribution in [0.2, 0.25) is 0 Å². The lowest BCUT2D eigenvalue weighted by Crippen LogP contribution is -2.37. The molecule has 0 radical (unpaired) electrons. The average molecular weight is 440 g/mol. The number of amides is 2. The van der Waals surface area contributed by atoms with Crippen LogP contribution in [0.5, 0.6) is 5.75 Å². The molecule has 1 aliphatic heterocycles. The third-order valence-corrected chi connectivity index (χ3v) is 5.24. The molecule has 0 atom stereocenters. The normalized spacial score (nSPS) is 14.2. The number of benzene rings is 2. The molecule has 6 nitrogen and oxygen atoms in total. The molecule has 0 saturated carbocycles. The Hall–Kier alpha value is -3.68. The van der Waals surface area contributed by atoms with Crippen LogP contribution in [0.3, 0.4) is 0 Å². The summed E-state index contributed by atoms with van der Waals surface area (Å²) in [6.45, 7) is 1.62. The van der Waals surface area contributed by atoms with E-state index in [0.29, 0.717) is 44.1 Å². The van der Waals surface area contributed by atoms with Crippen molar-refractivity contribution in [3.8, 4) is 5.75 Å². The second-order valence-corrected chi connectivity index (χ2v) is 7.43. The Morgan fingerprint density at radius 1 is 0.844 bits per heavy atom. The fraction of sp³-hybridized carbons (Fsp3) is 0.250. The van der Waals surface area contributed by atoms with Crippen LogP contribution < -0.4 is 4.74 Å². The van der Waals surface area contributed by atoms with Crippen molar-refractivity contribution in [2.45, 2.75) is 13.0 Å².